The Morgan fingerprint density at radius 3 is 2.81 bits per heavy atom. The Bertz CT molecular complexity index is 871. The largest absolute Gasteiger partial charge is 0.504 e. The van der Waals surface area contributed by atoms with Crippen LogP contribution in [0.15, 0.2) is 79.6 Å². The van der Waals surface area contributed by atoms with Gasteiger partial charge in [0.25, 0.3) is 0 Å². The maximum atomic E-state index is 13.1. The molecule has 1 N–H and O–H groups in total. The molecule has 0 radical (unpaired) electrons. The van der Waals surface area contributed by atoms with Crippen LogP contribution in [-0.4, -0.2) is 46.2 Å². The average molecular weight is 403 g/mol. The zero-order chi connectivity index (χ0) is 19.5. The molecule has 1 aromatic heterocycles. The second kappa shape index (κ2) is 11.3. The van der Waals surface area contributed by atoms with Crippen LogP contribution in [0.2, 0.25) is 0 Å². The summed E-state index contributed by atoms with van der Waals surface area (Å²) < 4.78 is 18.1. The fraction of sp³-hybridized carbons (Fsp3) is 0.211. The van der Waals surface area contributed by atoms with Crippen LogP contribution in [0, 0.1) is 0 Å². The zero-order valence-corrected chi connectivity index (χ0v) is 17.1. The first-order valence-corrected chi connectivity index (χ1v) is 10.6. The number of aliphatic imine (C=N–C) groups is 2. The van der Waals surface area contributed by atoms with E-state index in [1.165, 1.54) is 18.0 Å². The number of nitrogens with zero attached hydrogens (tertiary/aromatic N) is 3. The molecular formula is C19H22N4O2S2. The highest BCUT2D eigenvalue weighted by Crippen LogP contribution is 2.32. The number of thioether (sulfide) groups is 1. The van der Waals surface area contributed by atoms with E-state index in [9.17, 15) is 4.21 Å². The van der Waals surface area contributed by atoms with Crippen LogP contribution >= 0.6 is 11.8 Å². The van der Waals surface area contributed by atoms with E-state index < -0.39 is 10.8 Å². The second-order valence-electron chi connectivity index (χ2n) is 5.15. The Morgan fingerprint density at radius 1 is 1.37 bits per heavy atom. The summed E-state index contributed by atoms with van der Waals surface area (Å²) in [6.07, 6.45) is 10.6. The predicted octanol–water partition coefficient (Wildman–Crippen LogP) is 4.18. The van der Waals surface area contributed by atoms with E-state index in [1.807, 2.05) is 55.7 Å². The molecule has 142 valence electrons. The van der Waals surface area contributed by atoms with Gasteiger partial charge in [-0.05, 0) is 37.5 Å². The fourth-order valence-electron chi connectivity index (χ4n) is 2.06. The summed E-state index contributed by atoms with van der Waals surface area (Å²) in [6.45, 7) is 2.28. The van der Waals surface area contributed by atoms with Crippen molar-refractivity contribution in [1.82, 2.24) is 10.2 Å². The van der Waals surface area contributed by atoms with Crippen molar-refractivity contribution in [1.29, 1.82) is 0 Å². The highest BCUT2D eigenvalue weighted by molar-refractivity contribution is 7.99. The molecular weight excluding hydrogens is 380 g/mol. The van der Waals surface area contributed by atoms with E-state index in [0.29, 0.717) is 32.9 Å². The van der Waals surface area contributed by atoms with Crippen molar-refractivity contribution in [3.05, 3.63) is 54.8 Å². The molecule has 1 unspecified atom stereocenters. The minimum Gasteiger partial charge on any atom is -0.504 e. The lowest BCUT2D eigenvalue weighted by Crippen LogP contribution is -2.00. The number of H-pyrrole nitrogens is 1. The Labute approximate surface area is 166 Å². The number of rotatable bonds is 9. The quantitative estimate of drug-likeness (QED) is 0.388. The van der Waals surface area contributed by atoms with Crippen LogP contribution in [0.4, 0.5) is 5.82 Å². The van der Waals surface area contributed by atoms with Gasteiger partial charge in [0, 0.05) is 11.1 Å². The SMILES string of the molecule is C/C=C\C=NCC(/C=C/OC)=N/c1[nH]nc(SC)c1S(=O)c1ccccc1. The lowest BCUT2D eigenvalue weighted by molar-refractivity contribution is 0.338. The van der Waals surface area contributed by atoms with Crippen molar-refractivity contribution in [2.45, 2.75) is 21.7 Å². The van der Waals surface area contributed by atoms with Gasteiger partial charge >= 0.3 is 0 Å². The van der Waals surface area contributed by atoms with Gasteiger partial charge in [0.2, 0.25) is 0 Å². The number of aromatic amines is 1. The van der Waals surface area contributed by atoms with E-state index in [-0.39, 0.29) is 0 Å². The van der Waals surface area contributed by atoms with E-state index in [2.05, 4.69) is 20.2 Å². The minimum atomic E-state index is -1.40. The lowest BCUT2D eigenvalue weighted by atomic mass is 10.3. The number of hydrogen-bond donors (Lipinski definition) is 1. The minimum absolute atomic E-state index is 0.356. The summed E-state index contributed by atoms with van der Waals surface area (Å²) in [5.74, 6) is 0.457. The van der Waals surface area contributed by atoms with Crippen LogP contribution in [0.5, 0.6) is 0 Å². The van der Waals surface area contributed by atoms with Crippen LogP contribution in [0.3, 0.4) is 0 Å². The van der Waals surface area contributed by atoms with E-state index >= 15 is 0 Å². The predicted molar refractivity (Wildman–Crippen MR) is 113 cm³/mol. The number of nitrogens with one attached hydrogen (secondary N) is 1. The molecule has 0 saturated carbocycles. The van der Waals surface area contributed by atoms with E-state index in [1.54, 1.807) is 19.4 Å². The summed E-state index contributed by atoms with van der Waals surface area (Å²) in [7, 11) is 0.168. The number of hydrogen-bond acceptors (Lipinski definition) is 6. The number of methoxy groups -OCH3 is 1. The molecule has 1 heterocycles. The van der Waals surface area contributed by atoms with Gasteiger partial charge < -0.3 is 4.74 Å². The van der Waals surface area contributed by atoms with Crippen molar-refractivity contribution in [3.8, 4) is 0 Å². The molecule has 0 amide bonds. The van der Waals surface area contributed by atoms with Crippen molar-refractivity contribution in [2.24, 2.45) is 9.98 Å². The normalized spacial score (nSPS) is 13.8. The Kier molecular flexibility index (Phi) is 8.73. The van der Waals surface area contributed by atoms with E-state index in [4.69, 9.17) is 4.74 Å². The standard InChI is InChI=1S/C19H22N4O2S2/c1-4-5-12-20-14-15(11-13-25-2)21-18-17(19(26-3)23-22-18)27(24)16-9-7-6-8-10-16/h4-13H,14H2,1-3H3,(H,22,23)/b5-4-,13-11+,20-12?,21-15+. The number of aromatic nitrogens is 2. The van der Waals surface area contributed by atoms with Gasteiger partial charge in [0.1, 0.15) is 9.92 Å². The Hall–Kier alpha value is -2.45. The van der Waals surface area contributed by atoms with Gasteiger partial charge in [0.05, 0.1) is 36.4 Å². The number of ether oxygens (including phenoxy) is 1. The van der Waals surface area contributed by atoms with Crippen LogP contribution in [0.25, 0.3) is 0 Å². The monoisotopic (exact) mass is 402 g/mol. The van der Waals surface area contributed by atoms with Gasteiger partial charge in [-0.3, -0.25) is 10.1 Å². The molecule has 2 rings (SSSR count). The van der Waals surface area contributed by atoms with Crippen molar-refractivity contribution in [2.75, 3.05) is 19.9 Å². The first kappa shape index (κ1) is 20.9. The highest BCUT2D eigenvalue weighted by Gasteiger charge is 2.20. The molecule has 6 nitrogen and oxygen atoms in total. The summed E-state index contributed by atoms with van der Waals surface area (Å²) in [5, 5.41) is 7.81. The molecule has 0 aliphatic rings. The molecule has 0 bridgehead atoms. The average Bonchev–Trinajstić information content (AvgIpc) is 3.11. The summed E-state index contributed by atoms with van der Waals surface area (Å²) in [6, 6.07) is 9.26. The molecule has 27 heavy (non-hydrogen) atoms. The molecule has 0 saturated heterocycles. The van der Waals surface area contributed by atoms with Crippen molar-refractivity contribution < 1.29 is 8.95 Å². The smallest absolute Gasteiger partial charge is 0.166 e. The molecule has 0 aliphatic carbocycles. The third-order valence-electron chi connectivity index (χ3n) is 3.30. The van der Waals surface area contributed by atoms with Gasteiger partial charge in [-0.1, -0.05) is 24.3 Å². The summed E-state index contributed by atoms with van der Waals surface area (Å²) >= 11 is 1.42. The molecule has 1 atom stereocenters. The highest BCUT2D eigenvalue weighted by atomic mass is 32.2. The number of allylic oxidation sites excluding steroid dienone is 2. The third kappa shape index (κ3) is 6.04. The van der Waals surface area contributed by atoms with Crippen LogP contribution < -0.4 is 0 Å². The molecule has 8 heteroatoms. The van der Waals surface area contributed by atoms with Gasteiger partial charge in [-0.25, -0.2) is 9.20 Å². The topological polar surface area (TPSA) is 79.7 Å². The number of benzene rings is 1. The second-order valence-corrected chi connectivity index (χ2v) is 7.36. The van der Waals surface area contributed by atoms with Gasteiger partial charge in [-0.15, -0.1) is 11.8 Å². The van der Waals surface area contributed by atoms with Crippen LogP contribution in [-0.2, 0) is 15.5 Å². The maximum Gasteiger partial charge on any atom is 0.166 e. The Morgan fingerprint density at radius 2 is 2.15 bits per heavy atom. The van der Waals surface area contributed by atoms with E-state index in [0.717, 1.165) is 0 Å². The summed E-state index contributed by atoms with van der Waals surface area (Å²) in [5.41, 5.74) is 0.653. The first-order chi connectivity index (χ1) is 13.2. The zero-order valence-electron chi connectivity index (χ0n) is 15.5. The maximum absolute atomic E-state index is 13.1. The molecule has 1 aromatic carbocycles. The van der Waals surface area contributed by atoms with Crippen LogP contribution in [0.1, 0.15) is 6.92 Å². The van der Waals surface area contributed by atoms with Crippen molar-refractivity contribution >= 4 is 40.3 Å². The van der Waals surface area contributed by atoms with Crippen molar-refractivity contribution in [3.63, 3.8) is 0 Å². The first-order valence-electron chi connectivity index (χ1n) is 8.18. The molecule has 0 aliphatic heterocycles. The fourth-order valence-corrected chi connectivity index (χ4v) is 4.07. The third-order valence-corrected chi connectivity index (χ3v) is 5.57. The lowest BCUT2D eigenvalue weighted by Gasteiger charge is -2.04. The molecule has 2 aromatic rings. The van der Waals surface area contributed by atoms with Gasteiger partial charge in [0.15, 0.2) is 5.82 Å². The molecule has 0 spiro atoms. The summed E-state index contributed by atoms with van der Waals surface area (Å²) in [4.78, 5) is 10.2. The Balaban J connectivity index is 2.43. The molecule has 0 fully saturated rings. The van der Waals surface area contributed by atoms with Gasteiger partial charge in [-0.2, -0.15) is 5.10 Å².